The molecule has 1 saturated carbocycles. The highest BCUT2D eigenvalue weighted by Crippen LogP contribution is 2.53. The average molecular weight is 376 g/mol. The molecule has 156 valence electrons. The minimum Gasteiger partial charge on any atom is -0.300 e. The molecule has 0 aromatic rings. The number of piperidine rings is 2. The summed E-state index contributed by atoms with van der Waals surface area (Å²) < 4.78 is 0. The standard InChI is InChI=1S/C24H45N3/c1-22(2,3)19-16-26(17-19)21-14-24(15-21)9-12-25(13-10-24)20-8-7-11-27(18-20)23(4,5)6/h19-21H,7-18H2,1-6H3. The van der Waals surface area contributed by atoms with Gasteiger partial charge in [0.1, 0.15) is 0 Å². The minimum absolute atomic E-state index is 0.332. The number of hydrogen-bond donors (Lipinski definition) is 0. The van der Waals surface area contributed by atoms with Crippen LogP contribution in [0.5, 0.6) is 0 Å². The average Bonchev–Trinajstić information content (AvgIpc) is 2.50. The molecule has 0 aromatic heterocycles. The van der Waals surface area contributed by atoms with Gasteiger partial charge in [0, 0.05) is 37.3 Å². The summed E-state index contributed by atoms with van der Waals surface area (Å²) in [5.41, 5.74) is 1.55. The lowest BCUT2D eigenvalue weighted by molar-refractivity contribution is -0.103. The quantitative estimate of drug-likeness (QED) is 0.705. The van der Waals surface area contributed by atoms with Crippen molar-refractivity contribution in [2.75, 3.05) is 39.3 Å². The van der Waals surface area contributed by atoms with Crippen LogP contribution in [0.2, 0.25) is 0 Å². The van der Waals surface area contributed by atoms with Crippen molar-refractivity contribution in [1.29, 1.82) is 0 Å². The number of hydrogen-bond acceptors (Lipinski definition) is 3. The second-order valence-corrected chi connectivity index (χ2v) is 12.5. The highest BCUT2D eigenvalue weighted by Gasteiger charge is 2.51. The summed E-state index contributed by atoms with van der Waals surface area (Å²) in [6.45, 7) is 22.4. The summed E-state index contributed by atoms with van der Waals surface area (Å²) in [5.74, 6) is 0.924. The molecule has 0 amide bonds. The largest absolute Gasteiger partial charge is 0.300 e. The molecule has 3 saturated heterocycles. The molecular weight excluding hydrogens is 330 g/mol. The van der Waals surface area contributed by atoms with Gasteiger partial charge in [0.25, 0.3) is 0 Å². The van der Waals surface area contributed by atoms with Gasteiger partial charge < -0.3 is 0 Å². The topological polar surface area (TPSA) is 9.72 Å². The first-order chi connectivity index (χ1) is 12.6. The van der Waals surface area contributed by atoms with Gasteiger partial charge in [-0.05, 0) is 95.7 Å². The maximum atomic E-state index is 2.86. The Morgan fingerprint density at radius 2 is 1.37 bits per heavy atom. The molecular formula is C24H45N3. The normalized spacial score (nSPS) is 32.4. The van der Waals surface area contributed by atoms with Crippen molar-refractivity contribution in [3.05, 3.63) is 0 Å². The molecule has 1 aliphatic carbocycles. The molecule has 3 heterocycles. The molecule has 0 aromatic carbocycles. The van der Waals surface area contributed by atoms with Gasteiger partial charge in [0.2, 0.25) is 0 Å². The van der Waals surface area contributed by atoms with Crippen molar-refractivity contribution in [2.24, 2.45) is 16.7 Å². The highest BCUT2D eigenvalue weighted by molar-refractivity contribution is 5.05. The molecule has 4 rings (SSSR count). The monoisotopic (exact) mass is 375 g/mol. The Labute approximate surface area is 168 Å². The number of nitrogens with zero attached hydrogens (tertiary/aromatic N) is 3. The Hall–Kier alpha value is -0.120. The Bertz CT molecular complexity index is 507. The van der Waals surface area contributed by atoms with Crippen LogP contribution in [0.15, 0.2) is 0 Å². The van der Waals surface area contributed by atoms with Gasteiger partial charge in [-0.2, -0.15) is 0 Å². The molecule has 3 aliphatic heterocycles. The second kappa shape index (κ2) is 6.99. The van der Waals surface area contributed by atoms with Gasteiger partial charge in [-0.25, -0.2) is 0 Å². The third-order valence-electron chi connectivity index (χ3n) is 8.71. The molecule has 0 radical (unpaired) electrons. The van der Waals surface area contributed by atoms with E-state index in [1.807, 2.05) is 0 Å². The zero-order valence-corrected chi connectivity index (χ0v) is 19.1. The Balaban J connectivity index is 1.22. The van der Waals surface area contributed by atoms with Crippen molar-refractivity contribution < 1.29 is 0 Å². The molecule has 1 unspecified atom stereocenters. The minimum atomic E-state index is 0.332. The van der Waals surface area contributed by atoms with E-state index in [-0.39, 0.29) is 0 Å². The molecule has 3 heteroatoms. The second-order valence-electron chi connectivity index (χ2n) is 12.5. The fraction of sp³-hybridized carbons (Fsp3) is 1.00. The van der Waals surface area contributed by atoms with Crippen LogP contribution in [0, 0.1) is 16.7 Å². The predicted molar refractivity (Wildman–Crippen MR) is 115 cm³/mol. The van der Waals surface area contributed by atoms with Crippen LogP contribution in [0.3, 0.4) is 0 Å². The van der Waals surface area contributed by atoms with Crippen molar-refractivity contribution in [2.45, 2.75) is 97.7 Å². The van der Waals surface area contributed by atoms with Crippen molar-refractivity contribution in [3.8, 4) is 0 Å². The molecule has 1 atom stereocenters. The highest BCUT2D eigenvalue weighted by atomic mass is 15.3. The van der Waals surface area contributed by atoms with Crippen LogP contribution in [-0.2, 0) is 0 Å². The van der Waals surface area contributed by atoms with Gasteiger partial charge in [0.15, 0.2) is 0 Å². The zero-order chi connectivity index (χ0) is 19.4. The van der Waals surface area contributed by atoms with E-state index in [1.165, 1.54) is 77.8 Å². The van der Waals surface area contributed by atoms with Gasteiger partial charge in [-0.1, -0.05) is 20.8 Å². The first-order valence-corrected chi connectivity index (χ1v) is 11.8. The fourth-order valence-electron chi connectivity index (χ4n) is 6.19. The van der Waals surface area contributed by atoms with E-state index in [0.29, 0.717) is 16.4 Å². The van der Waals surface area contributed by atoms with Gasteiger partial charge in [-0.15, -0.1) is 0 Å². The third kappa shape index (κ3) is 4.12. The summed E-state index contributed by atoms with van der Waals surface area (Å²) in [6, 6.07) is 1.73. The fourth-order valence-corrected chi connectivity index (χ4v) is 6.19. The lowest BCUT2D eigenvalue weighted by Gasteiger charge is -2.60. The van der Waals surface area contributed by atoms with E-state index < -0.39 is 0 Å². The predicted octanol–water partition coefficient (Wildman–Crippen LogP) is 4.47. The van der Waals surface area contributed by atoms with E-state index in [9.17, 15) is 0 Å². The maximum absolute atomic E-state index is 2.86. The van der Waals surface area contributed by atoms with Crippen molar-refractivity contribution >= 4 is 0 Å². The summed E-state index contributed by atoms with van der Waals surface area (Å²) in [4.78, 5) is 8.38. The van der Waals surface area contributed by atoms with Gasteiger partial charge in [-0.3, -0.25) is 14.7 Å². The van der Waals surface area contributed by atoms with Crippen LogP contribution in [0.25, 0.3) is 0 Å². The van der Waals surface area contributed by atoms with Crippen LogP contribution < -0.4 is 0 Å². The number of likely N-dealkylation sites (tertiary alicyclic amines) is 3. The van der Waals surface area contributed by atoms with Crippen molar-refractivity contribution in [1.82, 2.24) is 14.7 Å². The van der Waals surface area contributed by atoms with E-state index in [2.05, 4.69) is 56.2 Å². The molecule has 0 bridgehead atoms. The molecule has 0 N–H and O–H groups in total. The van der Waals surface area contributed by atoms with E-state index in [1.54, 1.807) is 0 Å². The van der Waals surface area contributed by atoms with Crippen LogP contribution >= 0.6 is 0 Å². The summed E-state index contributed by atoms with van der Waals surface area (Å²) in [5, 5.41) is 0. The summed E-state index contributed by atoms with van der Waals surface area (Å²) >= 11 is 0. The maximum Gasteiger partial charge on any atom is 0.0223 e. The summed E-state index contributed by atoms with van der Waals surface area (Å²) in [6.07, 6.45) is 8.73. The van der Waals surface area contributed by atoms with Crippen molar-refractivity contribution in [3.63, 3.8) is 0 Å². The Kier molecular flexibility index (Phi) is 5.22. The third-order valence-corrected chi connectivity index (χ3v) is 8.71. The molecule has 3 nitrogen and oxygen atoms in total. The smallest absolute Gasteiger partial charge is 0.0223 e. The number of rotatable bonds is 2. The van der Waals surface area contributed by atoms with Crippen LogP contribution in [0.1, 0.15) is 80.1 Å². The summed E-state index contributed by atoms with van der Waals surface area (Å²) in [7, 11) is 0. The van der Waals surface area contributed by atoms with E-state index >= 15 is 0 Å². The Morgan fingerprint density at radius 3 is 1.93 bits per heavy atom. The SMILES string of the molecule is CC(C)(C)C1CN(C2CC3(CCN(C4CCCN(C(C)(C)C)C4)CC3)C2)C1. The van der Waals surface area contributed by atoms with Gasteiger partial charge >= 0.3 is 0 Å². The van der Waals surface area contributed by atoms with Gasteiger partial charge in [0.05, 0.1) is 0 Å². The molecule has 1 spiro atoms. The first-order valence-electron chi connectivity index (χ1n) is 11.8. The molecule has 4 aliphatic rings. The first kappa shape index (κ1) is 20.2. The molecule has 27 heavy (non-hydrogen) atoms. The van der Waals surface area contributed by atoms with E-state index in [0.717, 1.165) is 18.0 Å². The van der Waals surface area contributed by atoms with Crippen LogP contribution in [-0.4, -0.2) is 71.6 Å². The lowest BCUT2D eigenvalue weighted by Crippen LogP contribution is -2.63. The van der Waals surface area contributed by atoms with E-state index in [4.69, 9.17) is 0 Å². The lowest BCUT2D eigenvalue weighted by atomic mass is 9.59. The zero-order valence-electron chi connectivity index (χ0n) is 19.1. The van der Waals surface area contributed by atoms with Crippen LogP contribution in [0.4, 0.5) is 0 Å². The molecule has 4 fully saturated rings. The Morgan fingerprint density at radius 1 is 0.741 bits per heavy atom.